The van der Waals surface area contributed by atoms with E-state index in [-0.39, 0.29) is 18.0 Å². The number of nitrogens with zero attached hydrogens (tertiary/aromatic N) is 3. The van der Waals surface area contributed by atoms with Gasteiger partial charge in [-0.1, -0.05) is 18.2 Å². The maximum absolute atomic E-state index is 12.5. The van der Waals surface area contributed by atoms with Crippen LogP contribution in [0.1, 0.15) is 43.4 Å². The Hall–Kier alpha value is -3.84. The minimum atomic E-state index is -0.0222. The van der Waals surface area contributed by atoms with E-state index in [1.807, 2.05) is 31.3 Å². The van der Waals surface area contributed by atoms with Crippen LogP contribution >= 0.6 is 0 Å². The van der Waals surface area contributed by atoms with E-state index in [9.17, 15) is 4.79 Å². The number of carbonyl (C=O) groups excluding carboxylic acids is 1. The van der Waals surface area contributed by atoms with Gasteiger partial charge >= 0.3 is 0 Å². The lowest BCUT2D eigenvalue weighted by atomic mass is 9.90. The van der Waals surface area contributed by atoms with Crippen molar-refractivity contribution in [2.24, 2.45) is 0 Å². The molecule has 2 atom stereocenters. The number of fused-ring (bicyclic) bond motifs is 1. The molecule has 4 aromatic rings. The highest BCUT2D eigenvalue weighted by Crippen LogP contribution is 2.32. The second-order valence-corrected chi connectivity index (χ2v) is 9.78. The second-order valence-electron chi connectivity index (χ2n) is 9.78. The first-order chi connectivity index (χ1) is 17.6. The first-order valence-corrected chi connectivity index (χ1v) is 12.7. The Bertz CT molecular complexity index is 1450. The summed E-state index contributed by atoms with van der Waals surface area (Å²) in [5, 5.41) is 7.60. The molecule has 1 fully saturated rings. The Morgan fingerprint density at radius 2 is 2.00 bits per heavy atom. The van der Waals surface area contributed by atoms with Crippen LogP contribution < -0.4 is 10.6 Å². The van der Waals surface area contributed by atoms with Gasteiger partial charge < -0.3 is 15.6 Å². The third-order valence-electron chi connectivity index (χ3n) is 7.24. The average Bonchev–Trinajstić information content (AvgIpc) is 3.61. The Balaban J connectivity index is 1.23. The molecule has 1 saturated heterocycles. The third-order valence-corrected chi connectivity index (χ3v) is 7.24. The molecule has 36 heavy (non-hydrogen) atoms. The van der Waals surface area contributed by atoms with E-state index >= 15 is 0 Å². The summed E-state index contributed by atoms with van der Waals surface area (Å²) in [7, 11) is 0. The number of allylic oxidation sites excluding steroid dienone is 1. The molecule has 7 nitrogen and oxygen atoms in total. The van der Waals surface area contributed by atoms with Crippen LogP contribution in [0.5, 0.6) is 0 Å². The van der Waals surface area contributed by atoms with E-state index in [4.69, 9.17) is 4.98 Å². The third kappa shape index (κ3) is 4.54. The van der Waals surface area contributed by atoms with Crippen molar-refractivity contribution in [1.29, 1.82) is 0 Å². The standard InChI is InChI=1S/C29H30N6O/c1-18-4-2-5-25(34-18)28-27(32-17-33-28)20-9-12-24-21(14-20)15-22(16-31-24)19-7-10-23(11-8-19)35-29(36)26-6-3-13-30-26/h2,4-5,7,9,12,14-17,23,26,30H,3,6,8,10-11,13H2,1H3,(H,32,33)(H,35,36). The molecule has 1 amide bonds. The molecule has 2 aliphatic rings. The van der Waals surface area contributed by atoms with Crippen LogP contribution in [0.3, 0.4) is 0 Å². The summed E-state index contributed by atoms with van der Waals surface area (Å²) in [5.41, 5.74) is 8.07. The quantitative estimate of drug-likeness (QED) is 0.383. The number of pyridine rings is 2. The number of amides is 1. The van der Waals surface area contributed by atoms with Crippen molar-refractivity contribution in [3.8, 4) is 22.6 Å². The van der Waals surface area contributed by atoms with Crippen molar-refractivity contribution in [3.05, 3.63) is 72.3 Å². The molecule has 2 unspecified atom stereocenters. The highest BCUT2D eigenvalue weighted by atomic mass is 16.2. The molecule has 1 aromatic carbocycles. The molecule has 0 radical (unpaired) electrons. The smallest absolute Gasteiger partial charge is 0.237 e. The van der Waals surface area contributed by atoms with Gasteiger partial charge in [0.05, 0.1) is 35.0 Å². The second kappa shape index (κ2) is 9.66. The maximum Gasteiger partial charge on any atom is 0.237 e. The van der Waals surface area contributed by atoms with E-state index in [1.165, 1.54) is 5.57 Å². The fourth-order valence-corrected chi connectivity index (χ4v) is 5.28. The predicted octanol–water partition coefficient (Wildman–Crippen LogP) is 4.80. The number of rotatable bonds is 5. The average molecular weight is 479 g/mol. The predicted molar refractivity (Wildman–Crippen MR) is 142 cm³/mol. The molecule has 0 bridgehead atoms. The van der Waals surface area contributed by atoms with E-state index in [2.05, 4.69) is 55.9 Å². The number of nitrogens with one attached hydrogen (secondary N) is 3. The van der Waals surface area contributed by atoms with E-state index < -0.39 is 0 Å². The van der Waals surface area contributed by atoms with E-state index in [1.54, 1.807) is 6.33 Å². The van der Waals surface area contributed by atoms with Gasteiger partial charge in [-0.05, 0) is 87.0 Å². The van der Waals surface area contributed by atoms with Gasteiger partial charge in [-0.3, -0.25) is 14.8 Å². The number of benzene rings is 1. The zero-order valence-corrected chi connectivity index (χ0v) is 20.4. The van der Waals surface area contributed by atoms with Crippen molar-refractivity contribution >= 4 is 22.4 Å². The number of H-pyrrole nitrogens is 1. The van der Waals surface area contributed by atoms with Gasteiger partial charge in [0.25, 0.3) is 0 Å². The van der Waals surface area contributed by atoms with Crippen molar-refractivity contribution in [2.75, 3.05) is 6.54 Å². The summed E-state index contributed by atoms with van der Waals surface area (Å²) in [5.74, 6) is 0.146. The molecule has 0 saturated carbocycles. The van der Waals surface area contributed by atoms with Gasteiger partial charge in [0, 0.05) is 28.9 Å². The Morgan fingerprint density at radius 3 is 2.81 bits per heavy atom. The van der Waals surface area contributed by atoms with Crippen molar-refractivity contribution in [3.63, 3.8) is 0 Å². The maximum atomic E-state index is 12.5. The number of imidazole rings is 1. The van der Waals surface area contributed by atoms with Crippen molar-refractivity contribution < 1.29 is 4.79 Å². The van der Waals surface area contributed by atoms with Crippen LogP contribution in [0.15, 0.2) is 61.1 Å². The van der Waals surface area contributed by atoms with Gasteiger partial charge in [0.2, 0.25) is 5.91 Å². The van der Waals surface area contributed by atoms with Gasteiger partial charge in [-0.15, -0.1) is 0 Å². The molecule has 3 N–H and O–H groups in total. The van der Waals surface area contributed by atoms with Crippen LogP contribution in [0.25, 0.3) is 39.1 Å². The zero-order valence-electron chi connectivity index (χ0n) is 20.4. The van der Waals surface area contributed by atoms with Crippen molar-refractivity contribution in [1.82, 2.24) is 30.6 Å². The molecule has 1 aliphatic heterocycles. The van der Waals surface area contributed by atoms with Gasteiger partial charge in [0.1, 0.15) is 0 Å². The van der Waals surface area contributed by atoms with E-state index in [0.717, 1.165) is 83.5 Å². The summed E-state index contributed by atoms with van der Waals surface area (Å²) in [6.07, 6.45) is 10.7. The first-order valence-electron chi connectivity index (χ1n) is 12.7. The number of carbonyl (C=O) groups is 1. The lowest BCUT2D eigenvalue weighted by Gasteiger charge is -2.24. The molecule has 6 rings (SSSR count). The Morgan fingerprint density at radius 1 is 1.08 bits per heavy atom. The minimum absolute atomic E-state index is 0.0222. The molecule has 3 aromatic heterocycles. The van der Waals surface area contributed by atoms with Crippen molar-refractivity contribution in [2.45, 2.75) is 51.1 Å². The number of aromatic nitrogens is 4. The Kier molecular flexibility index (Phi) is 6.07. The highest BCUT2D eigenvalue weighted by molar-refractivity contribution is 5.89. The number of aryl methyl sites for hydroxylation is 1. The highest BCUT2D eigenvalue weighted by Gasteiger charge is 2.25. The fourth-order valence-electron chi connectivity index (χ4n) is 5.28. The zero-order chi connectivity index (χ0) is 24.5. The largest absolute Gasteiger partial charge is 0.352 e. The van der Waals surface area contributed by atoms with Crippen LogP contribution in [0, 0.1) is 6.92 Å². The fraction of sp³-hybridized carbons (Fsp3) is 0.310. The van der Waals surface area contributed by atoms with Gasteiger partial charge in [-0.25, -0.2) is 4.98 Å². The van der Waals surface area contributed by atoms with Gasteiger partial charge in [-0.2, -0.15) is 0 Å². The summed E-state index contributed by atoms with van der Waals surface area (Å²) >= 11 is 0. The lowest BCUT2D eigenvalue weighted by molar-refractivity contribution is -0.123. The molecule has 4 heterocycles. The molecular weight excluding hydrogens is 448 g/mol. The summed E-state index contributed by atoms with van der Waals surface area (Å²) in [4.78, 5) is 29.7. The van der Waals surface area contributed by atoms with Crippen LogP contribution in [0.4, 0.5) is 0 Å². The molecule has 0 spiro atoms. The Labute approximate surface area is 210 Å². The molecular formula is C29H30N6O. The van der Waals surface area contributed by atoms with Crippen LogP contribution in [0.2, 0.25) is 0 Å². The first kappa shape index (κ1) is 22.6. The number of hydrogen-bond donors (Lipinski definition) is 3. The lowest BCUT2D eigenvalue weighted by Crippen LogP contribution is -2.45. The molecule has 1 aliphatic carbocycles. The van der Waals surface area contributed by atoms with Crippen LogP contribution in [-0.2, 0) is 4.79 Å². The summed E-state index contributed by atoms with van der Waals surface area (Å²) in [6, 6.07) is 14.7. The summed E-state index contributed by atoms with van der Waals surface area (Å²) < 4.78 is 0. The SMILES string of the molecule is Cc1cccc(-c2[nH]cnc2-c2ccc3ncc(C4=CCC(NC(=O)C5CCCN5)CC4)cc3c2)n1. The monoisotopic (exact) mass is 478 g/mol. The molecule has 182 valence electrons. The minimum Gasteiger partial charge on any atom is -0.352 e. The molecule has 7 heteroatoms. The van der Waals surface area contributed by atoms with E-state index in [0.29, 0.717) is 0 Å². The number of aromatic amines is 1. The number of hydrogen-bond acceptors (Lipinski definition) is 5. The summed E-state index contributed by atoms with van der Waals surface area (Å²) in [6.45, 7) is 2.93. The van der Waals surface area contributed by atoms with Gasteiger partial charge in [0.15, 0.2) is 0 Å². The normalized spacial score (nSPS) is 19.9. The topological polar surface area (TPSA) is 95.6 Å². The van der Waals surface area contributed by atoms with Crippen LogP contribution in [-0.4, -0.2) is 44.5 Å².